The summed E-state index contributed by atoms with van der Waals surface area (Å²) in [6, 6.07) is 9.67. The Balaban J connectivity index is 2.44. The average Bonchev–Trinajstić information content (AvgIpc) is 2.34. The fourth-order valence-electron chi connectivity index (χ4n) is 1.71. The van der Waals surface area contributed by atoms with Gasteiger partial charge in [-0.3, -0.25) is 4.79 Å². The van der Waals surface area contributed by atoms with Crippen LogP contribution in [0.3, 0.4) is 0 Å². The minimum Gasteiger partial charge on any atom is -0.461 e. The van der Waals surface area contributed by atoms with Crippen LogP contribution in [0.25, 0.3) is 0 Å². The Kier molecular flexibility index (Phi) is 5.55. The summed E-state index contributed by atoms with van der Waals surface area (Å²) in [6.45, 7) is 9.98. The van der Waals surface area contributed by atoms with Gasteiger partial charge in [-0.25, -0.2) is 0 Å². The lowest BCUT2D eigenvalue weighted by atomic mass is 10.1. The number of carbonyl (C=O) groups excluding carboxylic acids is 1. The van der Waals surface area contributed by atoms with Crippen LogP contribution in [0.4, 0.5) is 0 Å². The molecule has 106 valence electrons. The third kappa shape index (κ3) is 5.88. The largest absolute Gasteiger partial charge is 0.461 e. The van der Waals surface area contributed by atoms with Crippen molar-refractivity contribution in [3.63, 3.8) is 0 Å². The van der Waals surface area contributed by atoms with E-state index in [-0.39, 0.29) is 23.6 Å². The lowest BCUT2D eigenvalue weighted by molar-refractivity contribution is -0.158. The molecule has 0 aliphatic heterocycles. The highest BCUT2D eigenvalue weighted by molar-refractivity contribution is 5.72. The van der Waals surface area contributed by atoms with Crippen molar-refractivity contribution in [3.05, 3.63) is 35.9 Å². The Morgan fingerprint density at radius 3 is 2.26 bits per heavy atom. The smallest absolute Gasteiger partial charge is 0.311 e. The maximum Gasteiger partial charge on any atom is 0.311 e. The normalized spacial score (nSPS) is 14.8. The van der Waals surface area contributed by atoms with E-state index < -0.39 is 0 Å². The maximum absolute atomic E-state index is 11.9. The summed E-state index contributed by atoms with van der Waals surface area (Å²) in [6.07, 6.45) is -0.164. The molecule has 2 atom stereocenters. The van der Waals surface area contributed by atoms with Crippen molar-refractivity contribution < 1.29 is 14.3 Å². The highest BCUT2D eigenvalue weighted by Crippen LogP contribution is 2.18. The summed E-state index contributed by atoms with van der Waals surface area (Å²) >= 11 is 0. The molecule has 0 aliphatic carbocycles. The Labute approximate surface area is 115 Å². The molecular formula is C16H24O3. The summed E-state index contributed by atoms with van der Waals surface area (Å²) in [5.74, 6) is -0.497. The number of hydrogen-bond donors (Lipinski definition) is 0. The van der Waals surface area contributed by atoms with Gasteiger partial charge in [0.05, 0.1) is 17.6 Å². The standard InChI is InChI=1S/C16H24O3/c1-12(13(2)19-16(3,4)5)15(17)18-11-14-9-7-6-8-10-14/h6-10,12-13H,11H2,1-5H3. The zero-order chi connectivity index (χ0) is 14.5. The molecule has 0 fully saturated rings. The fraction of sp³-hybridized carbons (Fsp3) is 0.562. The van der Waals surface area contributed by atoms with Crippen LogP contribution in [-0.2, 0) is 20.9 Å². The number of rotatable bonds is 5. The first-order chi connectivity index (χ1) is 8.79. The molecule has 0 aliphatic rings. The maximum atomic E-state index is 11.9. The van der Waals surface area contributed by atoms with Gasteiger partial charge in [0.2, 0.25) is 0 Å². The summed E-state index contributed by atoms with van der Waals surface area (Å²) in [5.41, 5.74) is 0.736. The first-order valence-corrected chi connectivity index (χ1v) is 6.68. The van der Waals surface area contributed by atoms with Crippen LogP contribution in [0.1, 0.15) is 40.2 Å². The van der Waals surface area contributed by atoms with Crippen molar-refractivity contribution in [1.82, 2.24) is 0 Å². The van der Waals surface area contributed by atoms with Crippen molar-refractivity contribution in [2.75, 3.05) is 0 Å². The van der Waals surface area contributed by atoms with E-state index >= 15 is 0 Å². The van der Waals surface area contributed by atoms with Crippen LogP contribution in [0, 0.1) is 5.92 Å². The number of carbonyl (C=O) groups is 1. The van der Waals surface area contributed by atoms with E-state index in [9.17, 15) is 4.79 Å². The number of ether oxygens (including phenoxy) is 2. The summed E-state index contributed by atoms with van der Waals surface area (Å²) < 4.78 is 11.1. The Morgan fingerprint density at radius 1 is 1.16 bits per heavy atom. The molecule has 19 heavy (non-hydrogen) atoms. The van der Waals surface area contributed by atoms with Crippen LogP contribution in [-0.4, -0.2) is 17.7 Å². The van der Waals surface area contributed by atoms with Crippen LogP contribution >= 0.6 is 0 Å². The SMILES string of the molecule is CC(OC(C)(C)C)C(C)C(=O)OCc1ccccc1. The molecule has 3 heteroatoms. The molecule has 0 saturated heterocycles. The molecule has 1 aromatic carbocycles. The topological polar surface area (TPSA) is 35.5 Å². The lowest BCUT2D eigenvalue weighted by Crippen LogP contribution is -2.34. The van der Waals surface area contributed by atoms with E-state index in [2.05, 4.69) is 0 Å². The second kappa shape index (κ2) is 6.71. The molecule has 0 amide bonds. The zero-order valence-corrected chi connectivity index (χ0v) is 12.5. The molecular weight excluding hydrogens is 240 g/mol. The molecule has 0 spiro atoms. The molecule has 0 saturated carbocycles. The second-order valence-electron chi connectivity index (χ2n) is 5.82. The van der Waals surface area contributed by atoms with Gasteiger partial charge in [-0.05, 0) is 40.2 Å². The molecule has 0 heterocycles. The third-order valence-electron chi connectivity index (χ3n) is 2.84. The van der Waals surface area contributed by atoms with E-state index in [1.165, 1.54) is 0 Å². The Morgan fingerprint density at radius 2 is 1.74 bits per heavy atom. The zero-order valence-electron chi connectivity index (χ0n) is 12.5. The number of esters is 1. The fourth-order valence-corrected chi connectivity index (χ4v) is 1.71. The molecule has 0 radical (unpaired) electrons. The highest BCUT2D eigenvalue weighted by atomic mass is 16.5. The first kappa shape index (κ1) is 15.7. The minimum absolute atomic E-state index is 0.164. The van der Waals surface area contributed by atoms with Crippen molar-refractivity contribution >= 4 is 5.97 Å². The van der Waals surface area contributed by atoms with Crippen LogP contribution in [0.5, 0.6) is 0 Å². The Bertz CT molecular complexity index is 392. The summed E-state index contributed by atoms with van der Waals surface area (Å²) in [4.78, 5) is 11.9. The van der Waals surface area contributed by atoms with Gasteiger partial charge in [0.15, 0.2) is 0 Å². The number of benzene rings is 1. The van der Waals surface area contributed by atoms with Crippen LogP contribution in [0.2, 0.25) is 0 Å². The lowest BCUT2D eigenvalue weighted by Gasteiger charge is -2.28. The molecule has 0 bridgehead atoms. The van der Waals surface area contributed by atoms with Crippen LogP contribution < -0.4 is 0 Å². The molecule has 2 unspecified atom stereocenters. The van der Waals surface area contributed by atoms with E-state index in [1.54, 1.807) is 0 Å². The number of hydrogen-bond acceptors (Lipinski definition) is 3. The molecule has 3 nitrogen and oxygen atoms in total. The predicted molar refractivity (Wildman–Crippen MR) is 75.7 cm³/mol. The summed E-state index contributed by atoms with van der Waals surface area (Å²) in [5, 5.41) is 0. The van der Waals surface area contributed by atoms with Gasteiger partial charge in [0, 0.05) is 0 Å². The van der Waals surface area contributed by atoms with Crippen molar-refractivity contribution in [3.8, 4) is 0 Å². The van der Waals surface area contributed by atoms with Gasteiger partial charge in [-0.2, -0.15) is 0 Å². The second-order valence-corrected chi connectivity index (χ2v) is 5.82. The van der Waals surface area contributed by atoms with Crippen molar-refractivity contribution in [2.24, 2.45) is 5.92 Å². The van der Waals surface area contributed by atoms with E-state index in [0.717, 1.165) is 5.56 Å². The minimum atomic E-state index is -0.275. The molecule has 0 aromatic heterocycles. The van der Waals surface area contributed by atoms with E-state index in [0.29, 0.717) is 6.61 Å². The van der Waals surface area contributed by atoms with Gasteiger partial charge >= 0.3 is 5.97 Å². The Hall–Kier alpha value is -1.35. The van der Waals surface area contributed by atoms with Crippen LogP contribution in [0.15, 0.2) is 30.3 Å². The average molecular weight is 264 g/mol. The van der Waals surface area contributed by atoms with Crippen molar-refractivity contribution in [1.29, 1.82) is 0 Å². The van der Waals surface area contributed by atoms with Gasteiger partial charge in [-0.15, -0.1) is 0 Å². The van der Waals surface area contributed by atoms with Crippen molar-refractivity contribution in [2.45, 2.75) is 52.9 Å². The van der Waals surface area contributed by atoms with Gasteiger partial charge in [0.1, 0.15) is 6.61 Å². The predicted octanol–water partition coefficient (Wildman–Crippen LogP) is 3.57. The highest BCUT2D eigenvalue weighted by Gasteiger charge is 2.26. The quantitative estimate of drug-likeness (QED) is 0.763. The van der Waals surface area contributed by atoms with E-state index in [1.807, 2.05) is 65.0 Å². The first-order valence-electron chi connectivity index (χ1n) is 6.68. The van der Waals surface area contributed by atoms with E-state index in [4.69, 9.17) is 9.47 Å². The molecule has 0 N–H and O–H groups in total. The van der Waals surface area contributed by atoms with Gasteiger partial charge < -0.3 is 9.47 Å². The monoisotopic (exact) mass is 264 g/mol. The summed E-state index contributed by atoms with van der Waals surface area (Å²) in [7, 11) is 0. The third-order valence-corrected chi connectivity index (χ3v) is 2.84. The van der Waals surface area contributed by atoms with Gasteiger partial charge in [0.25, 0.3) is 0 Å². The van der Waals surface area contributed by atoms with Gasteiger partial charge in [-0.1, -0.05) is 30.3 Å². The molecule has 1 aromatic rings. The molecule has 1 rings (SSSR count).